The minimum atomic E-state index is 0. The van der Waals surface area contributed by atoms with Crippen molar-refractivity contribution in [3.63, 3.8) is 0 Å². The van der Waals surface area contributed by atoms with Crippen LogP contribution in [0.1, 0.15) is 38.5 Å². The van der Waals surface area contributed by atoms with Crippen molar-refractivity contribution in [3.8, 4) is 0 Å². The number of imidazole rings is 1. The Balaban J connectivity index is 0.00000121. The van der Waals surface area contributed by atoms with Gasteiger partial charge in [0.05, 0.1) is 17.4 Å². The van der Waals surface area contributed by atoms with Gasteiger partial charge in [-0.2, -0.15) is 0 Å². The zero-order valence-electron chi connectivity index (χ0n) is 14.8. The second-order valence-electron chi connectivity index (χ2n) is 7.45. The van der Waals surface area contributed by atoms with E-state index in [9.17, 15) is 4.79 Å². The molecule has 2 aromatic rings. The van der Waals surface area contributed by atoms with Crippen molar-refractivity contribution < 1.29 is 4.79 Å². The number of aromatic nitrogens is 2. The van der Waals surface area contributed by atoms with Gasteiger partial charge < -0.3 is 15.6 Å². The van der Waals surface area contributed by atoms with Gasteiger partial charge in [-0.1, -0.05) is 18.6 Å². The molecular formula is C19H28Cl2N4O. The van der Waals surface area contributed by atoms with E-state index in [4.69, 9.17) is 5.73 Å². The Kier molecular flexibility index (Phi) is 7.33. The number of hydrogen-bond acceptors (Lipinski definition) is 3. The number of halogens is 2. The summed E-state index contributed by atoms with van der Waals surface area (Å²) in [6.07, 6.45) is 8.16. The lowest BCUT2D eigenvalue weighted by Crippen LogP contribution is -2.53. The molecule has 7 heteroatoms. The highest BCUT2D eigenvalue weighted by Crippen LogP contribution is 2.39. The molecule has 1 amide bonds. The minimum absolute atomic E-state index is 0. The Morgan fingerprint density at radius 2 is 1.88 bits per heavy atom. The van der Waals surface area contributed by atoms with E-state index in [0.717, 1.165) is 23.9 Å². The summed E-state index contributed by atoms with van der Waals surface area (Å²) < 4.78 is 2.06. The van der Waals surface area contributed by atoms with Crippen molar-refractivity contribution in [2.24, 2.45) is 17.6 Å². The fourth-order valence-electron chi connectivity index (χ4n) is 4.69. The highest BCUT2D eigenvalue weighted by atomic mass is 35.5. The van der Waals surface area contributed by atoms with Crippen molar-refractivity contribution in [2.45, 2.75) is 57.2 Å². The Morgan fingerprint density at radius 3 is 2.62 bits per heavy atom. The van der Waals surface area contributed by atoms with Crippen molar-refractivity contribution >= 4 is 41.8 Å². The van der Waals surface area contributed by atoms with E-state index in [0.29, 0.717) is 36.9 Å². The standard InChI is InChI=1S/C19H26N4O.2ClH/c20-15-10-13-4-3-5-14(11-15)19(13)22-18(24)8-9-23-12-21-16-6-1-2-7-17(16)23;;/h1-2,6-7,12-15,19H,3-5,8-11,20H2,(H,22,24);2*1H. The predicted molar refractivity (Wildman–Crippen MR) is 109 cm³/mol. The molecule has 2 atom stereocenters. The molecule has 2 fully saturated rings. The molecule has 0 spiro atoms. The predicted octanol–water partition coefficient (Wildman–Crippen LogP) is 3.29. The number of carbonyl (C=O) groups is 1. The van der Waals surface area contributed by atoms with Crippen LogP contribution in [0.3, 0.4) is 0 Å². The highest BCUT2D eigenvalue weighted by molar-refractivity contribution is 5.85. The Morgan fingerprint density at radius 1 is 1.19 bits per heavy atom. The average Bonchev–Trinajstić information content (AvgIpc) is 2.97. The number of rotatable bonds is 4. The molecule has 5 nitrogen and oxygen atoms in total. The molecule has 1 aromatic carbocycles. The van der Waals surface area contributed by atoms with Gasteiger partial charge in [-0.3, -0.25) is 4.79 Å². The van der Waals surface area contributed by atoms with E-state index in [1.807, 2.05) is 30.6 Å². The first-order valence-electron chi connectivity index (χ1n) is 9.15. The number of nitrogens with one attached hydrogen (secondary N) is 1. The summed E-state index contributed by atoms with van der Waals surface area (Å²) >= 11 is 0. The number of amides is 1. The molecule has 2 saturated carbocycles. The van der Waals surface area contributed by atoms with E-state index >= 15 is 0 Å². The highest BCUT2D eigenvalue weighted by Gasteiger charge is 2.39. The van der Waals surface area contributed by atoms with Crippen molar-refractivity contribution in [3.05, 3.63) is 30.6 Å². The van der Waals surface area contributed by atoms with Crippen LogP contribution in [0.2, 0.25) is 0 Å². The molecule has 4 rings (SSSR count). The Hall–Kier alpha value is -1.30. The molecule has 3 N–H and O–H groups in total. The maximum atomic E-state index is 12.5. The lowest BCUT2D eigenvalue weighted by Gasteiger charge is -2.45. The molecule has 0 aliphatic heterocycles. The number of carbonyl (C=O) groups excluding carboxylic acids is 1. The van der Waals surface area contributed by atoms with Crippen LogP contribution >= 0.6 is 24.8 Å². The lowest BCUT2D eigenvalue weighted by atomic mass is 9.67. The first kappa shape index (κ1) is 21.0. The molecular weight excluding hydrogens is 371 g/mol. The van der Waals surface area contributed by atoms with Crippen LogP contribution < -0.4 is 11.1 Å². The fraction of sp³-hybridized carbons (Fsp3) is 0.579. The van der Waals surface area contributed by atoms with Crippen LogP contribution in [0.15, 0.2) is 30.6 Å². The molecule has 2 bridgehead atoms. The molecule has 1 aromatic heterocycles. The SMILES string of the molecule is Cl.Cl.NC1CC2CCCC(C1)C2NC(=O)CCn1cnc2ccccc21. The number of benzene rings is 1. The van der Waals surface area contributed by atoms with Gasteiger partial charge in [-0.15, -0.1) is 24.8 Å². The zero-order chi connectivity index (χ0) is 16.5. The second kappa shape index (κ2) is 9.07. The molecule has 2 aliphatic rings. The third kappa shape index (κ3) is 4.33. The van der Waals surface area contributed by atoms with Crippen LogP contribution in [-0.4, -0.2) is 27.5 Å². The average molecular weight is 399 g/mol. The topological polar surface area (TPSA) is 72.9 Å². The maximum absolute atomic E-state index is 12.5. The minimum Gasteiger partial charge on any atom is -0.353 e. The summed E-state index contributed by atoms with van der Waals surface area (Å²) in [6.45, 7) is 0.675. The summed E-state index contributed by atoms with van der Waals surface area (Å²) in [6, 6.07) is 8.70. The second-order valence-corrected chi connectivity index (χ2v) is 7.45. The number of fused-ring (bicyclic) bond motifs is 3. The molecule has 0 saturated heterocycles. The number of nitrogens with two attached hydrogens (primary N) is 1. The Labute approximate surface area is 166 Å². The monoisotopic (exact) mass is 398 g/mol. The summed E-state index contributed by atoms with van der Waals surface area (Å²) in [4.78, 5) is 16.9. The fourth-order valence-corrected chi connectivity index (χ4v) is 4.69. The summed E-state index contributed by atoms with van der Waals surface area (Å²) in [5, 5.41) is 3.32. The van der Waals surface area contributed by atoms with Crippen LogP contribution in [0.4, 0.5) is 0 Å². The van der Waals surface area contributed by atoms with Gasteiger partial charge in [-0.25, -0.2) is 4.98 Å². The molecule has 144 valence electrons. The van der Waals surface area contributed by atoms with Crippen molar-refractivity contribution in [1.82, 2.24) is 14.9 Å². The van der Waals surface area contributed by atoms with Crippen molar-refractivity contribution in [2.75, 3.05) is 0 Å². The van der Waals surface area contributed by atoms with Gasteiger partial charge in [0.2, 0.25) is 5.91 Å². The molecule has 0 radical (unpaired) electrons. The van der Waals surface area contributed by atoms with Gasteiger partial charge in [-0.05, 0) is 49.7 Å². The first-order chi connectivity index (χ1) is 11.7. The summed E-state index contributed by atoms with van der Waals surface area (Å²) in [7, 11) is 0. The summed E-state index contributed by atoms with van der Waals surface area (Å²) in [5.41, 5.74) is 8.24. The van der Waals surface area contributed by atoms with E-state index in [1.54, 1.807) is 0 Å². The lowest BCUT2D eigenvalue weighted by molar-refractivity contribution is -0.123. The number of hydrogen-bond donors (Lipinski definition) is 2. The van der Waals surface area contributed by atoms with Crippen LogP contribution in [-0.2, 0) is 11.3 Å². The first-order valence-corrected chi connectivity index (χ1v) is 9.15. The Bertz CT molecular complexity index is 721. The third-order valence-corrected chi connectivity index (χ3v) is 5.81. The molecule has 2 aliphatic carbocycles. The number of nitrogens with zero attached hydrogens (tertiary/aromatic N) is 2. The van der Waals surface area contributed by atoms with Crippen LogP contribution in [0, 0.1) is 11.8 Å². The van der Waals surface area contributed by atoms with Crippen LogP contribution in [0.5, 0.6) is 0 Å². The smallest absolute Gasteiger partial charge is 0.222 e. The summed E-state index contributed by atoms with van der Waals surface area (Å²) in [5.74, 6) is 1.31. The normalized spacial score (nSPS) is 27.3. The van der Waals surface area contributed by atoms with Gasteiger partial charge in [0.15, 0.2) is 0 Å². The zero-order valence-corrected chi connectivity index (χ0v) is 16.5. The number of aryl methyl sites for hydroxylation is 1. The maximum Gasteiger partial charge on any atom is 0.222 e. The van der Waals surface area contributed by atoms with E-state index < -0.39 is 0 Å². The number of para-hydroxylation sites is 2. The van der Waals surface area contributed by atoms with E-state index in [2.05, 4.69) is 14.9 Å². The van der Waals surface area contributed by atoms with E-state index in [-0.39, 0.29) is 30.7 Å². The molecule has 26 heavy (non-hydrogen) atoms. The van der Waals surface area contributed by atoms with E-state index in [1.165, 1.54) is 19.3 Å². The molecule has 2 unspecified atom stereocenters. The molecule has 1 heterocycles. The van der Waals surface area contributed by atoms with Gasteiger partial charge in [0, 0.05) is 25.0 Å². The van der Waals surface area contributed by atoms with Gasteiger partial charge >= 0.3 is 0 Å². The van der Waals surface area contributed by atoms with Crippen LogP contribution in [0.25, 0.3) is 11.0 Å². The third-order valence-electron chi connectivity index (χ3n) is 5.81. The largest absolute Gasteiger partial charge is 0.353 e. The van der Waals surface area contributed by atoms with Crippen molar-refractivity contribution in [1.29, 1.82) is 0 Å². The quantitative estimate of drug-likeness (QED) is 0.829. The van der Waals surface area contributed by atoms with Gasteiger partial charge in [0.25, 0.3) is 0 Å². The van der Waals surface area contributed by atoms with Gasteiger partial charge in [0.1, 0.15) is 0 Å².